The molecular formula is C16H19N3O3. The summed E-state index contributed by atoms with van der Waals surface area (Å²) < 4.78 is 1.54. The highest BCUT2D eigenvalue weighted by molar-refractivity contribution is 5.81. The van der Waals surface area contributed by atoms with E-state index in [0.717, 1.165) is 12.8 Å². The molecule has 1 aromatic heterocycles. The maximum Gasteiger partial charge on any atom is 0.241 e. The maximum absolute atomic E-state index is 12.2. The summed E-state index contributed by atoms with van der Waals surface area (Å²) >= 11 is 0. The third-order valence-corrected chi connectivity index (χ3v) is 4.03. The van der Waals surface area contributed by atoms with Crippen LogP contribution < -0.4 is 10.7 Å². The van der Waals surface area contributed by atoms with Crippen molar-refractivity contribution >= 4 is 16.8 Å². The zero-order valence-electron chi connectivity index (χ0n) is 12.2. The molecule has 1 aromatic carbocycles. The van der Waals surface area contributed by atoms with Gasteiger partial charge in [-0.1, -0.05) is 12.1 Å². The molecule has 1 atom stereocenters. The molecular weight excluding hydrogens is 282 g/mol. The number of amides is 1. The summed E-state index contributed by atoms with van der Waals surface area (Å²) in [6, 6.07) is 7.15. The summed E-state index contributed by atoms with van der Waals surface area (Å²) in [5, 5.41) is 16.7. The Hall–Kier alpha value is -2.21. The fourth-order valence-electron chi connectivity index (χ4n) is 2.74. The van der Waals surface area contributed by atoms with Crippen molar-refractivity contribution in [3.8, 4) is 0 Å². The number of aliphatic hydroxyl groups is 1. The molecule has 22 heavy (non-hydrogen) atoms. The minimum absolute atomic E-state index is 0.0307. The van der Waals surface area contributed by atoms with Crippen LogP contribution in [0.15, 0.2) is 35.3 Å². The van der Waals surface area contributed by atoms with E-state index in [1.54, 1.807) is 18.2 Å². The highest BCUT2D eigenvalue weighted by Gasteiger charge is 2.31. The van der Waals surface area contributed by atoms with Gasteiger partial charge in [0.15, 0.2) is 0 Å². The molecule has 2 N–H and O–H groups in total. The Morgan fingerprint density at radius 1 is 1.41 bits per heavy atom. The van der Waals surface area contributed by atoms with E-state index in [-0.39, 0.29) is 30.5 Å². The number of para-hydroxylation sites is 1. The third kappa shape index (κ3) is 3.17. The molecule has 0 bridgehead atoms. The molecule has 0 saturated heterocycles. The Morgan fingerprint density at radius 3 is 2.91 bits per heavy atom. The molecule has 6 nitrogen and oxygen atoms in total. The van der Waals surface area contributed by atoms with Crippen LogP contribution in [0.1, 0.15) is 19.3 Å². The Bertz CT molecular complexity index is 737. The number of carbonyl (C=O) groups excluding carboxylic acids is 1. The van der Waals surface area contributed by atoms with Gasteiger partial charge < -0.3 is 10.4 Å². The van der Waals surface area contributed by atoms with Gasteiger partial charge in [0, 0.05) is 18.0 Å². The normalized spacial score (nSPS) is 15.7. The molecule has 1 aliphatic carbocycles. The van der Waals surface area contributed by atoms with Crippen LogP contribution in [0.4, 0.5) is 0 Å². The van der Waals surface area contributed by atoms with E-state index < -0.39 is 0 Å². The van der Waals surface area contributed by atoms with Crippen LogP contribution in [-0.2, 0) is 11.3 Å². The second-order valence-corrected chi connectivity index (χ2v) is 5.71. The number of aromatic nitrogens is 2. The number of hydrogen-bond acceptors (Lipinski definition) is 4. The van der Waals surface area contributed by atoms with Gasteiger partial charge in [-0.2, -0.15) is 5.10 Å². The van der Waals surface area contributed by atoms with E-state index in [1.807, 2.05) is 6.07 Å². The van der Waals surface area contributed by atoms with Crippen LogP contribution in [-0.4, -0.2) is 33.4 Å². The third-order valence-electron chi connectivity index (χ3n) is 4.03. The summed E-state index contributed by atoms with van der Waals surface area (Å²) in [5.74, 6) is 0.335. The fourth-order valence-corrected chi connectivity index (χ4v) is 2.74. The summed E-state index contributed by atoms with van der Waals surface area (Å²) in [6.07, 6.45) is 4.02. The van der Waals surface area contributed by atoms with Crippen LogP contribution in [0, 0.1) is 5.92 Å². The van der Waals surface area contributed by atoms with Gasteiger partial charge in [-0.15, -0.1) is 0 Å². The van der Waals surface area contributed by atoms with E-state index in [4.69, 9.17) is 5.11 Å². The Labute approximate surface area is 127 Å². The number of benzene rings is 1. The number of carbonyl (C=O) groups is 1. The average Bonchev–Trinajstić information content (AvgIpc) is 3.35. The van der Waals surface area contributed by atoms with E-state index in [2.05, 4.69) is 10.4 Å². The molecule has 1 amide bonds. The molecule has 1 heterocycles. The van der Waals surface area contributed by atoms with Crippen molar-refractivity contribution in [1.29, 1.82) is 0 Å². The largest absolute Gasteiger partial charge is 0.396 e. The first-order valence-electron chi connectivity index (χ1n) is 7.54. The van der Waals surface area contributed by atoms with Crippen LogP contribution in [0.2, 0.25) is 0 Å². The van der Waals surface area contributed by atoms with Gasteiger partial charge >= 0.3 is 0 Å². The first-order valence-corrected chi connectivity index (χ1v) is 7.54. The van der Waals surface area contributed by atoms with E-state index in [1.165, 1.54) is 10.9 Å². The van der Waals surface area contributed by atoms with Crippen molar-refractivity contribution in [3.05, 3.63) is 40.7 Å². The van der Waals surface area contributed by atoms with Crippen LogP contribution in [0.25, 0.3) is 10.9 Å². The maximum atomic E-state index is 12.2. The van der Waals surface area contributed by atoms with Gasteiger partial charge in [0.2, 0.25) is 11.3 Å². The predicted molar refractivity (Wildman–Crippen MR) is 82.4 cm³/mol. The molecule has 6 heteroatoms. The zero-order valence-corrected chi connectivity index (χ0v) is 12.2. The fraction of sp³-hybridized carbons (Fsp3) is 0.438. The van der Waals surface area contributed by atoms with Gasteiger partial charge in [0.1, 0.15) is 6.54 Å². The quantitative estimate of drug-likeness (QED) is 0.821. The molecule has 116 valence electrons. The van der Waals surface area contributed by atoms with Gasteiger partial charge in [0.05, 0.1) is 11.7 Å². The van der Waals surface area contributed by atoms with Gasteiger partial charge in [-0.3, -0.25) is 14.3 Å². The molecule has 2 aromatic rings. The second-order valence-electron chi connectivity index (χ2n) is 5.71. The van der Waals surface area contributed by atoms with Crippen LogP contribution >= 0.6 is 0 Å². The van der Waals surface area contributed by atoms with E-state index in [0.29, 0.717) is 23.2 Å². The molecule has 1 unspecified atom stereocenters. The number of nitrogens with one attached hydrogen (secondary N) is 1. The van der Waals surface area contributed by atoms with E-state index >= 15 is 0 Å². The standard InChI is InChI=1S/C16H19N3O3/c20-8-7-13(11-5-6-11)18-16(22)10-19-14-4-2-1-3-12(14)15(21)9-17-19/h1-4,9,11,13,20H,5-8,10H2,(H,18,22). The first kappa shape index (κ1) is 14.7. The minimum Gasteiger partial charge on any atom is -0.396 e. The monoisotopic (exact) mass is 301 g/mol. The molecule has 1 aliphatic rings. The van der Waals surface area contributed by atoms with Crippen LogP contribution in [0.5, 0.6) is 0 Å². The molecule has 0 radical (unpaired) electrons. The second kappa shape index (κ2) is 6.27. The smallest absolute Gasteiger partial charge is 0.241 e. The van der Waals surface area contributed by atoms with E-state index in [9.17, 15) is 9.59 Å². The van der Waals surface area contributed by atoms with Gasteiger partial charge in [-0.25, -0.2) is 0 Å². The lowest BCUT2D eigenvalue weighted by Gasteiger charge is -2.17. The number of nitrogens with zero attached hydrogens (tertiary/aromatic N) is 2. The average molecular weight is 301 g/mol. The molecule has 1 fully saturated rings. The van der Waals surface area contributed by atoms with Crippen molar-refractivity contribution in [2.75, 3.05) is 6.61 Å². The van der Waals surface area contributed by atoms with Crippen molar-refractivity contribution in [2.24, 2.45) is 5.92 Å². The van der Waals surface area contributed by atoms with Crippen molar-refractivity contribution in [3.63, 3.8) is 0 Å². The SMILES string of the molecule is O=C(Cn1ncc(=O)c2ccccc21)NC(CCO)C1CC1. The minimum atomic E-state index is -0.150. The lowest BCUT2D eigenvalue weighted by atomic mass is 10.1. The Kier molecular flexibility index (Phi) is 4.20. The molecule has 0 aliphatic heterocycles. The molecule has 3 rings (SSSR count). The lowest BCUT2D eigenvalue weighted by Crippen LogP contribution is -2.39. The summed E-state index contributed by atoms with van der Waals surface area (Å²) in [5.41, 5.74) is 0.499. The summed E-state index contributed by atoms with van der Waals surface area (Å²) in [7, 11) is 0. The highest BCUT2D eigenvalue weighted by atomic mass is 16.3. The van der Waals surface area contributed by atoms with Crippen molar-refractivity contribution < 1.29 is 9.90 Å². The molecule has 1 saturated carbocycles. The Morgan fingerprint density at radius 2 is 2.18 bits per heavy atom. The molecule has 0 spiro atoms. The number of fused-ring (bicyclic) bond motifs is 1. The topological polar surface area (TPSA) is 84.2 Å². The number of aliphatic hydroxyl groups excluding tert-OH is 1. The first-order chi connectivity index (χ1) is 10.7. The van der Waals surface area contributed by atoms with Gasteiger partial charge in [-0.05, 0) is 37.3 Å². The van der Waals surface area contributed by atoms with Crippen molar-refractivity contribution in [1.82, 2.24) is 15.1 Å². The van der Waals surface area contributed by atoms with Crippen molar-refractivity contribution in [2.45, 2.75) is 31.8 Å². The number of hydrogen-bond donors (Lipinski definition) is 2. The highest BCUT2D eigenvalue weighted by Crippen LogP contribution is 2.33. The Balaban J connectivity index is 1.76. The summed E-state index contributed by atoms with van der Waals surface area (Å²) in [4.78, 5) is 24.0. The summed E-state index contributed by atoms with van der Waals surface area (Å²) in [6.45, 7) is 0.135. The van der Waals surface area contributed by atoms with Crippen LogP contribution in [0.3, 0.4) is 0 Å². The predicted octanol–water partition coefficient (Wildman–Crippen LogP) is 0.674. The zero-order chi connectivity index (χ0) is 15.5. The number of rotatable bonds is 6. The van der Waals surface area contributed by atoms with Gasteiger partial charge in [0.25, 0.3) is 0 Å². The lowest BCUT2D eigenvalue weighted by molar-refractivity contribution is -0.122.